The topological polar surface area (TPSA) is 38.5 Å². The van der Waals surface area contributed by atoms with Crippen LogP contribution >= 0.6 is 0 Å². The van der Waals surface area contributed by atoms with Crippen LogP contribution in [0.15, 0.2) is 0 Å². The average Bonchev–Trinajstić information content (AvgIpc) is 2.82. The van der Waals surface area contributed by atoms with E-state index in [1.54, 1.807) is 0 Å². The van der Waals surface area contributed by atoms with Crippen LogP contribution in [0.3, 0.4) is 0 Å². The molecule has 1 saturated heterocycles. The number of nitrogens with two attached hydrogens (primary N) is 1. The minimum absolute atomic E-state index is 0.144. The predicted molar refractivity (Wildman–Crippen MR) is 61.8 cm³/mol. The molecule has 0 amide bonds. The molecule has 0 radical (unpaired) electrons. The van der Waals surface area contributed by atoms with E-state index in [4.69, 9.17) is 10.5 Å². The molecule has 15 heavy (non-hydrogen) atoms. The molecular formula is C12H24N2O. The molecule has 2 aliphatic rings. The smallest absolute Gasteiger partial charge is 0.0622 e. The van der Waals surface area contributed by atoms with Gasteiger partial charge in [-0.3, -0.25) is 4.90 Å². The summed E-state index contributed by atoms with van der Waals surface area (Å²) in [5.74, 6) is 0. The molecule has 0 spiro atoms. The molecule has 1 saturated carbocycles. The van der Waals surface area contributed by atoms with Gasteiger partial charge in [0, 0.05) is 24.7 Å². The fourth-order valence-corrected chi connectivity index (χ4v) is 2.77. The minimum atomic E-state index is 0.144. The lowest BCUT2D eigenvalue weighted by atomic mass is 9.81. The lowest BCUT2D eigenvalue weighted by Gasteiger charge is -2.46. The first-order chi connectivity index (χ1) is 7.03. The molecule has 1 aliphatic carbocycles. The Labute approximate surface area is 93.0 Å². The molecule has 0 aromatic carbocycles. The largest absolute Gasteiger partial charge is 0.380 e. The van der Waals surface area contributed by atoms with Crippen LogP contribution in [0.5, 0.6) is 0 Å². The molecule has 0 aromatic heterocycles. The number of ether oxygens (including phenoxy) is 1. The second-order valence-corrected chi connectivity index (χ2v) is 5.67. The zero-order chi connectivity index (χ0) is 11.1. The first-order valence-electron chi connectivity index (χ1n) is 6.04. The van der Waals surface area contributed by atoms with E-state index in [2.05, 4.69) is 25.8 Å². The molecule has 0 bridgehead atoms. The first-order valence-corrected chi connectivity index (χ1v) is 6.04. The van der Waals surface area contributed by atoms with E-state index in [9.17, 15) is 0 Å². The zero-order valence-corrected chi connectivity index (χ0v) is 10.3. The quantitative estimate of drug-likeness (QED) is 0.761. The van der Waals surface area contributed by atoms with Crippen molar-refractivity contribution < 1.29 is 4.74 Å². The van der Waals surface area contributed by atoms with E-state index in [1.807, 2.05) is 0 Å². The van der Waals surface area contributed by atoms with Crippen LogP contribution in [-0.4, -0.2) is 43.3 Å². The summed E-state index contributed by atoms with van der Waals surface area (Å²) in [5, 5.41) is 0. The molecule has 1 heterocycles. The minimum Gasteiger partial charge on any atom is -0.380 e. The van der Waals surface area contributed by atoms with Gasteiger partial charge in [0.15, 0.2) is 0 Å². The molecular weight excluding hydrogens is 188 g/mol. The van der Waals surface area contributed by atoms with E-state index in [-0.39, 0.29) is 5.54 Å². The normalized spacial score (nSPS) is 33.0. The Balaban J connectivity index is 2.10. The fourth-order valence-electron chi connectivity index (χ4n) is 2.77. The summed E-state index contributed by atoms with van der Waals surface area (Å²) >= 11 is 0. The number of nitrogens with zero attached hydrogens (tertiary/aromatic N) is 1. The molecule has 2 N–H and O–H groups in total. The number of hydrogen-bond donors (Lipinski definition) is 1. The van der Waals surface area contributed by atoms with Gasteiger partial charge in [-0.25, -0.2) is 0 Å². The molecule has 2 unspecified atom stereocenters. The summed E-state index contributed by atoms with van der Waals surface area (Å²) in [6.07, 6.45) is 3.79. The van der Waals surface area contributed by atoms with E-state index < -0.39 is 0 Å². The van der Waals surface area contributed by atoms with Gasteiger partial charge >= 0.3 is 0 Å². The van der Waals surface area contributed by atoms with Gasteiger partial charge in [0.1, 0.15) is 0 Å². The fraction of sp³-hybridized carbons (Fsp3) is 1.00. The van der Waals surface area contributed by atoms with E-state index in [0.29, 0.717) is 11.5 Å². The number of hydrogen-bond acceptors (Lipinski definition) is 3. The van der Waals surface area contributed by atoms with Gasteiger partial charge in [-0.15, -0.1) is 0 Å². The third-order valence-corrected chi connectivity index (χ3v) is 4.93. The predicted octanol–water partition coefficient (Wildman–Crippen LogP) is 1.22. The highest BCUT2D eigenvalue weighted by atomic mass is 16.5. The van der Waals surface area contributed by atoms with Crippen LogP contribution in [0, 0.1) is 5.41 Å². The Morgan fingerprint density at radius 2 is 2.20 bits per heavy atom. The van der Waals surface area contributed by atoms with Crippen LogP contribution in [0.4, 0.5) is 0 Å². The van der Waals surface area contributed by atoms with Crippen molar-refractivity contribution in [2.75, 3.05) is 26.8 Å². The monoisotopic (exact) mass is 212 g/mol. The van der Waals surface area contributed by atoms with Gasteiger partial charge in [-0.1, -0.05) is 6.92 Å². The van der Waals surface area contributed by atoms with Gasteiger partial charge in [0.05, 0.1) is 6.61 Å². The summed E-state index contributed by atoms with van der Waals surface area (Å²) in [5.41, 5.74) is 6.59. The Morgan fingerprint density at radius 3 is 2.60 bits per heavy atom. The highest BCUT2D eigenvalue weighted by molar-refractivity contribution is 5.10. The number of rotatable bonds is 4. The molecule has 88 valence electrons. The van der Waals surface area contributed by atoms with Crippen molar-refractivity contribution in [3.63, 3.8) is 0 Å². The number of likely N-dealkylation sites (N-methyl/N-ethyl adjacent to an activating group) is 1. The van der Waals surface area contributed by atoms with Gasteiger partial charge in [-0.2, -0.15) is 0 Å². The molecule has 3 heteroatoms. The summed E-state index contributed by atoms with van der Waals surface area (Å²) in [6, 6.07) is 0.566. The van der Waals surface area contributed by atoms with Crippen molar-refractivity contribution in [2.45, 2.75) is 44.7 Å². The Hall–Kier alpha value is -0.120. The summed E-state index contributed by atoms with van der Waals surface area (Å²) in [4.78, 5) is 2.48. The summed E-state index contributed by atoms with van der Waals surface area (Å²) in [6.45, 7) is 7.22. The third-order valence-electron chi connectivity index (χ3n) is 4.93. The second kappa shape index (κ2) is 3.72. The molecule has 2 fully saturated rings. The summed E-state index contributed by atoms with van der Waals surface area (Å²) in [7, 11) is 2.22. The van der Waals surface area contributed by atoms with Crippen LogP contribution < -0.4 is 5.73 Å². The molecule has 3 nitrogen and oxygen atoms in total. The second-order valence-electron chi connectivity index (χ2n) is 5.67. The summed E-state index contributed by atoms with van der Waals surface area (Å²) < 4.78 is 5.47. The van der Waals surface area contributed by atoms with Crippen LogP contribution in [0.2, 0.25) is 0 Å². The molecule has 0 aromatic rings. The zero-order valence-electron chi connectivity index (χ0n) is 10.3. The lowest BCUT2D eigenvalue weighted by Crippen LogP contribution is -2.59. The van der Waals surface area contributed by atoms with Gasteiger partial charge in [0.2, 0.25) is 0 Å². The van der Waals surface area contributed by atoms with Crippen molar-refractivity contribution in [3.8, 4) is 0 Å². The van der Waals surface area contributed by atoms with Crippen molar-refractivity contribution in [2.24, 2.45) is 11.1 Å². The Bertz CT molecular complexity index is 234. The first kappa shape index (κ1) is 11.4. The maximum Gasteiger partial charge on any atom is 0.0622 e. The van der Waals surface area contributed by atoms with Crippen LogP contribution in [-0.2, 0) is 4.74 Å². The van der Waals surface area contributed by atoms with Gasteiger partial charge < -0.3 is 10.5 Å². The van der Waals surface area contributed by atoms with E-state index in [0.717, 1.165) is 26.2 Å². The van der Waals surface area contributed by atoms with E-state index >= 15 is 0 Å². The molecule has 2 atom stereocenters. The van der Waals surface area contributed by atoms with E-state index in [1.165, 1.54) is 12.8 Å². The highest BCUT2D eigenvalue weighted by Gasteiger charge is 2.55. The van der Waals surface area contributed by atoms with Gasteiger partial charge in [0.25, 0.3) is 0 Å². The van der Waals surface area contributed by atoms with Gasteiger partial charge in [-0.05, 0) is 38.6 Å². The highest BCUT2D eigenvalue weighted by Crippen LogP contribution is 2.55. The maximum atomic E-state index is 6.02. The van der Waals surface area contributed by atoms with Crippen molar-refractivity contribution >= 4 is 0 Å². The lowest BCUT2D eigenvalue weighted by molar-refractivity contribution is 0.0289. The molecule has 2 rings (SSSR count). The van der Waals surface area contributed by atoms with Crippen molar-refractivity contribution in [1.29, 1.82) is 0 Å². The standard InChI is InChI=1S/C12H24N2O/c1-11(5-6-11)12(2,9-13)14(3)10-4-7-15-8-10/h10H,4-9,13H2,1-3H3. The molecule has 1 aliphatic heterocycles. The maximum absolute atomic E-state index is 6.02. The van der Waals surface area contributed by atoms with Crippen LogP contribution in [0.25, 0.3) is 0 Å². The van der Waals surface area contributed by atoms with Crippen LogP contribution in [0.1, 0.15) is 33.1 Å². The Morgan fingerprint density at radius 1 is 1.53 bits per heavy atom. The SMILES string of the molecule is CN(C1CCOC1)C(C)(CN)C1(C)CC1. The Kier molecular flexibility index (Phi) is 2.82. The van der Waals surface area contributed by atoms with Crippen molar-refractivity contribution in [1.82, 2.24) is 4.90 Å². The third kappa shape index (κ3) is 1.71. The average molecular weight is 212 g/mol. The van der Waals surface area contributed by atoms with Crippen molar-refractivity contribution in [3.05, 3.63) is 0 Å².